The molecule has 2 atom stereocenters. The van der Waals surface area contributed by atoms with Gasteiger partial charge in [-0.1, -0.05) is 42.5 Å². The molecule has 0 bridgehead atoms. The Hall–Kier alpha value is -3.64. The molecule has 2 aliphatic heterocycles. The summed E-state index contributed by atoms with van der Waals surface area (Å²) in [6.45, 7) is 2.01. The normalized spacial score (nSPS) is 21.9. The van der Waals surface area contributed by atoms with Crippen LogP contribution in [0.2, 0.25) is 0 Å². The average Bonchev–Trinajstić information content (AvgIpc) is 3.37. The van der Waals surface area contributed by atoms with E-state index in [0.717, 1.165) is 21.0 Å². The molecule has 3 heterocycles. The SMILES string of the molecule is CCC(=Cc1sc2ccc(F)cc2[n+]1CC(=O)O)C=C1Oc2ccc3ccccc3c2[N+]12CCC2S(=O)(=O)O. The number of thiazole rings is 1. The van der Waals surface area contributed by atoms with Gasteiger partial charge in [0.15, 0.2) is 11.4 Å². The topological polar surface area (TPSA) is 105 Å². The highest BCUT2D eigenvalue weighted by atomic mass is 32.2. The molecule has 2 N–H and O–H groups in total. The van der Waals surface area contributed by atoms with E-state index in [1.54, 1.807) is 16.7 Å². The zero-order valence-corrected chi connectivity index (χ0v) is 22.5. The van der Waals surface area contributed by atoms with Crippen molar-refractivity contribution >= 4 is 60.2 Å². The first-order valence-electron chi connectivity index (χ1n) is 12.4. The van der Waals surface area contributed by atoms with Crippen LogP contribution in [0.15, 0.2) is 72.1 Å². The highest BCUT2D eigenvalue weighted by Crippen LogP contribution is 2.56. The van der Waals surface area contributed by atoms with Crippen molar-refractivity contribution in [1.82, 2.24) is 4.48 Å². The first-order valence-corrected chi connectivity index (χ1v) is 14.7. The van der Waals surface area contributed by atoms with E-state index in [4.69, 9.17) is 4.74 Å². The Labute approximate surface area is 227 Å². The van der Waals surface area contributed by atoms with Gasteiger partial charge in [-0.15, -0.1) is 0 Å². The third-order valence-corrected chi connectivity index (χ3v) is 9.84. The molecule has 4 aromatic rings. The van der Waals surface area contributed by atoms with Crippen molar-refractivity contribution in [2.24, 2.45) is 0 Å². The Morgan fingerprint density at radius 1 is 1.23 bits per heavy atom. The van der Waals surface area contributed by atoms with E-state index < -0.39 is 27.3 Å². The number of halogens is 1. The molecule has 11 heteroatoms. The number of benzene rings is 3. The van der Waals surface area contributed by atoms with Crippen molar-refractivity contribution in [1.29, 1.82) is 0 Å². The predicted molar refractivity (Wildman–Crippen MR) is 147 cm³/mol. The van der Waals surface area contributed by atoms with Crippen molar-refractivity contribution in [2.45, 2.75) is 31.7 Å². The highest BCUT2D eigenvalue weighted by Gasteiger charge is 2.63. The lowest BCUT2D eigenvalue weighted by molar-refractivity contribution is -0.657. The van der Waals surface area contributed by atoms with Gasteiger partial charge in [-0.2, -0.15) is 13.0 Å². The van der Waals surface area contributed by atoms with Crippen LogP contribution in [0.25, 0.3) is 27.1 Å². The van der Waals surface area contributed by atoms with Crippen LogP contribution in [0.1, 0.15) is 24.8 Å². The number of aliphatic carboxylic acids is 1. The Morgan fingerprint density at radius 3 is 2.72 bits per heavy atom. The molecular weight excluding hydrogens is 543 g/mol. The second-order valence-electron chi connectivity index (χ2n) is 9.67. The van der Waals surface area contributed by atoms with Gasteiger partial charge >= 0.3 is 22.0 Å². The Bertz CT molecular complexity index is 1850. The number of allylic oxidation sites excluding steroid dienone is 2. The number of hydrogen-bond donors (Lipinski definition) is 2. The van der Waals surface area contributed by atoms with Crippen molar-refractivity contribution < 1.29 is 36.6 Å². The predicted octanol–water partition coefficient (Wildman–Crippen LogP) is 5.22. The molecule has 2 aliphatic rings. The summed E-state index contributed by atoms with van der Waals surface area (Å²) in [7, 11) is -4.42. The fourth-order valence-electron chi connectivity index (χ4n) is 5.60. The standard InChI is InChI=1S/C28H23FN2O6S2/c1-2-17(13-24-30(16-27(32)33)21-15-19(29)8-10-23(21)38-24)14-25-31(12-11-26(31)39(34,35)36)28-20-6-4-3-5-18(20)7-9-22(28)37-25/h3-10,13-15,26H,2,11-12,16H2,1H3/p+2. The Balaban J connectivity index is 1.53. The van der Waals surface area contributed by atoms with E-state index in [1.807, 2.05) is 49.4 Å². The van der Waals surface area contributed by atoms with Crippen LogP contribution in [0.3, 0.4) is 0 Å². The monoisotopic (exact) mass is 568 g/mol. The number of nitrogens with zero attached hydrogens (tertiary/aromatic N) is 2. The molecule has 0 radical (unpaired) electrons. The maximum absolute atomic E-state index is 14.0. The Morgan fingerprint density at radius 2 is 2.03 bits per heavy atom. The lowest BCUT2D eigenvalue weighted by Crippen LogP contribution is -2.67. The van der Waals surface area contributed by atoms with E-state index in [2.05, 4.69) is 0 Å². The van der Waals surface area contributed by atoms with Gasteiger partial charge in [0, 0.05) is 23.6 Å². The van der Waals surface area contributed by atoms with Gasteiger partial charge in [-0.05, 0) is 41.6 Å². The van der Waals surface area contributed by atoms with Gasteiger partial charge in [-0.3, -0.25) is 4.55 Å². The number of aromatic nitrogens is 1. The molecule has 0 amide bonds. The maximum Gasteiger partial charge on any atom is 0.370 e. The summed E-state index contributed by atoms with van der Waals surface area (Å²) >= 11 is 1.34. The molecule has 200 valence electrons. The van der Waals surface area contributed by atoms with Crippen molar-refractivity contribution in [3.05, 3.63) is 83.0 Å². The Kier molecular flexibility index (Phi) is 6.07. The number of quaternary nitrogens is 1. The molecule has 8 nitrogen and oxygen atoms in total. The smallest absolute Gasteiger partial charge is 0.370 e. The molecular formula is C28H25FN2O6S2+2. The van der Waals surface area contributed by atoms with Crippen molar-refractivity contribution in [3.63, 3.8) is 0 Å². The van der Waals surface area contributed by atoms with Gasteiger partial charge in [0.25, 0.3) is 5.01 Å². The minimum atomic E-state index is -4.42. The maximum atomic E-state index is 14.0. The lowest BCUT2D eigenvalue weighted by Gasteiger charge is -2.45. The van der Waals surface area contributed by atoms with Crippen molar-refractivity contribution in [2.75, 3.05) is 6.54 Å². The van der Waals surface area contributed by atoms with Gasteiger partial charge in [0.05, 0.1) is 13.0 Å². The lowest BCUT2D eigenvalue weighted by atomic mass is 10.0. The molecule has 1 fully saturated rings. The first kappa shape index (κ1) is 25.6. The third-order valence-electron chi connectivity index (χ3n) is 7.45. The number of hydrogen-bond acceptors (Lipinski definition) is 5. The largest absolute Gasteiger partial charge is 0.477 e. The quantitative estimate of drug-likeness (QED) is 0.188. The second-order valence-corrected chi connectivity index (χ2v) is 12.3. The number of rotatable bonds is 6. The summed E-state index contributed by atoms with van der Waals surface area (Å²) in [4.78, 5) is 11.6. The van der Waals surface area contributed by atoms with E-state index in [0.29, 0.717) is 40.8 Å². The van der Waals surface area contributed by atoms with Crippen LogP contribution in [0.5, 0.6) is 5.75 Å². The van der Waals surface area contributed by atoms with Crippen molar-refractivity contribution in [3.8, 4) is 5.75 Å². The number of carboxylic acids is 1. The number of carboxylic acid groups (broad SMARTS) is 1. The van der Waals surface area contributed by atoms with Gasteiger partial charge in [0.1, 0.15) is 10.5 Å². The molecule has 1 aromatic heterocycles. The fourth-order valence-corrected chi connectivity index (χ4v) is 7.89. The summed E-state index contributed by atoms with van der Waals surface area (Å²) < 4.78 is 57.7. The highest BCUT2D eigenvalue weighted by molar-refractivity contribution is 7.86. The van der Waals surface area contributed by atoms with E-state index in [-0.39, 0.29) is 17.4 Å². The minimum Gasteiger partial charge on any atom is -0.477 e. The summed E-state index contributed by atoms with van der Waals surface area (Å²) in [5.41, 5.74) is 1.93. The fraction of sp³-hybridized carbons (Fsp3) is 0.214. The summed E-state index contributed by atoms with van der Waals surface area (Å²) in [5, 5.41) is 10.8. The molecule has 2 unspecified atom stereocenters. The summed E-state index contributed by atoms with van der Waals surface area (Å²) in [6, 6.07) is 15.6. The summed E-state index contributed by atoms with van der Waals surface area (Å²) in [6.07, 6.45) is 4.40. The number of fused-ring (bicyclic) bond motifs is 5. The van der Waals surface area contributed by atoms with Crippen LogP contribution in [-0.4, -0.2) is 36.0 Å². The van der Waals surface area contributed by atoms with Gasteiger partial charge in [0.2, 0.25) is 17.4 Å². The van der Waals surface area contributed by atoms with Crippen LogP contribution < -0.4 is 13.8 Å². The van der Waals surface area contributed by atoms with Crippen LogP contribution in [-0.2, 0) is 21.5 Å². The van der Waals surface area contributed by atoms with Gasteiger partial charge < -0.3 is 9.84 Å². The van der Waals surface area contributed by atoms with E-state index >= 15 is 0 Å². The molecule has 3 aromatic carbocycles. The second kappa shape index (κ2) is 9.23. The number of carbonyl (C=O) groups is 1. The third kappa shape index (κ3) is 4.13. The van der Waals surface area contributed by atoms with Crippen LogP contribution in [0.4, 0.5) is 10.1 Å². The number of ether oxygens (including phenoxy) is 1. The first-order chi connectivity index (χ1) is 18.6. The molecule has 0 aliphatic carbocycles. The summed E-state index contributed by atoms with van der Waals surface area (Å²) in [5.74, 6) is -0.613. The van der Waals surface area contributed by atoms with E-state index in [9.17, 15) is 27.3 Å². The average molecular weight is 569 g/mol. The van der Waals surface area contributed by atoms with Crippen LogP contribution >= 0.6 is 11.3 Å². The molecule has 1 spiro atoms. The molecule has 39 heavy (non-hydrogen) atoms. The molecule has 6 rings (SSSR count). The minimum absolute atomic E-state index is 0.153. The van der Waals surface area contributed by atoms with Crippen LogP contribution in [0, 0.1) is 5.82 Å². The molecule has 1 saturated heterocycles. The molecule has 0 saturated carbocycles. The zero-order valence-electron chi connectivity index (χ0n) is 20.9. The van der Waals surface area contributed by atoms with E-state index in [1.165, 1.54) is 23.5 Å². The van der Waals surface area contributed by atoms with Gasteiger partial charge in [-0.25, -0.2) is 13.7 Å². The zero-order chi connectivity index (χ0) is 27.5.